The summed E-state index contributed by atoms with van der Waals surface area (Å²) in [6, 6.07) is 6.27. The number of likely N-dealkylation sites (N-methyl/N-ethyl adjacent to an activating group) is 1. The highest BCUT2D eigenvalue weighted by molar-refractivity contribution is 9.10. The van der Waals surface area contributed by atoms with Crippen LogP contribution in [-0.2, 0) is 0 Å². The summed E-state index contributed by atoms with van der Waals surface area (Å²) in [6.45, 7) is 9.97. The molecule has 0 unspecified atom stereocenters. The van der Waals surface area contributed by atoms with Gasteiger partial charge in [-0.25, -0.2) is 15.0 Å². The smallest absolute Gasteiger partial charge is 0.134 e. The van der Waals surface area contributed by atoms with Crippen molar-refractivity contribution in [3.8, 4) is 0 Å². The Morgan fingerprint density at radius 1 is 0.778 bits per heavy atom. The van der Waals surface area contributed by atoms with E-state index in [0.717, 1.165) is 80.1 Å². The van der Waals surface area contributed by atoms with Crippen LogP contribution in [-0.4, -0.2) is 79.3 Å². The molecule has 0 radical (unpaired) electrons. The first-order valence-corrected chi connectivity index (χ1v) is 10.3. The zero-order valence-electron chi connectivity index (χ0n) is 16.0. The third-order valence-electron chi connectivity index (χ3n) is 5.28. The molecule has 7 nitrogen and oxygen atoms in total. The molecule has 2 aromatic heterocycles. The van der Waals surface area contributed by atoms with E-state index in [1.54, 1.807) is 0 Å². The topological polar surface area (TPSA) is 51.6 Å². The number of hydrogen-bond donors (Lipinski definition) is 0. The Morgan fingerprint density at radius 2 is 1.30 bits per heavy atom. The first kappa shape index (κ1) is 18.4. The molecule has 8 heteroatoms. The Balaban J connectivity index is 1.44. The number of rotatable bonds is 3. The standard InChI is InChI=1S/C19H26BrN7/c1-15-22-18(26-7-5-24(2)6-8-26)13-19(23-15)27-11-9-25(10-12-27)17-4-3-16(20)14-21-17/h3-4,13-14H,5-12H2,1-2H3. The van der Waals surface area contributed by atoms with Crippen LogP contribution in [0.4, 0.5) is 17.5 Å². The Hall–Kier alpha value is -1.93. The van der Waals surface area contributed by atoms with Gasteiger partial charge in [0.1, 0.15) is 23.3 Å². The molecule has 0 aromatic carbocycles. The number of hydrogen-bond acceptors (Lipinski definition) is 7. The van der Waals surface area contributed by atoms with E-state index in [1.165, 1.54) is 0 Å². The highest BCUT2D eigenvalue weighted by Gasteiger charge is 2.22. The van der Waals surface area contributed by atoms with Gasteiger partial charge in [-0.2, -0.15) is 0 Å². The van der Waals surface area contributed by atoms with Gasteiger partial charge in [0.05, 0.1) is 0 Å². The fraction of sp³-hybridized carbons (Fsp3) is 0.526. The Kier molecular flexibility index (Phi) is 5.45. The molecule has 4 heterocycles. The summed E-state index contributed by atoms with van der Waals surface area (Å²) in [4.78, 5) is 23.4. The maximum absolute atomic E-state index is 4.71. The van der Waals surface area contributed by atoms with Crippen LogP contribution in [0, 0.1) is 6.92 Å². The van der Waals surface area contributed by atoms with Crippen LogP contribution in [0.1, 0.15) is 5.82 Å². The number of aryl methyl sites for hydroxylation is 1. The molecule has 0 spiro atoms. The number of pyridine rings is 1. The predicted molar refractivity (Wildman–Crippen MR) is 113 cm³/mol. The van der Waals surface area contributed by atoms with Crippen molar-refractivity contribution in [2.75, 3.05) is 74.1 Å². The second-order valence-electron chi connectivity index (χ2n) is 7.23. The first-order chi connectivity index (χ1) is 13.1. The van der Waals surface area contributed by atoms with Gasteiger partial charge >= 0.3 is 0 Å². The van der Waals surface area contributed by atoms with Crippen LogP contribution in [0.25, 0.3) is 0 Å². The molecule has 0 aliphatic carbocycles. The summed E-state index contributed by atoms with van der Waals surface area (Å²) in [7, 11) is 2.17. The molecule has 0 atom stereocenters. The van der Waals surface area contributed by atoms with E-state index in [-0.39, 0.29) is 0 Å². The van der Waals surface area contributed by atoms with Gasteiger partial charge in [0.15, 0.2) is 0 Å². The molecule has 0 amide bonds. The largest absolute Gasteiger partial charge is 0.354 e. The van der Waals surface area contributed by atoms with Crippen molar-refractivity contribution in [3.05, 3.63) is 34.7 Å². The lowest BCUT2D eigenvalue weighted by molar-refractivity contribution is 0.312. The van der Waals surface area contributed by atoms with Crippen molar-refractivity contribution in [3.63, 3.8) is 0 Å². The van der Waals surface area contributed by atoms with Crippen LogP contribution in [0.2, 0.25) is 0 Å². The van der Waals surface area contributed by atoms with E-state index in [9.17, 15) is 0 Å². The molecular weight excluding hydrogens is 406 g/mol. The normalized spacial score (nSPS) is 18.9. The minimum Gasteiger partial charge on any atom is -0.354 e. The molecule has 2 fully saturated rings. The van der Waals surface area contributed by atoms with E-state index in [1.807, 2.05) is 19.2 Å². The van der Waals surface area contributed by atoms with Crippen molar-refractivity contribution in [2.24, 2.45) is 0 Å². The van der Waals surface area contributed by atoms with E-state index in [4.69, 9.17) is 9.97 Å². The zero-order chi connectivity index (χ0) is 18.8. The molecule has 2 aliphatic rings. The Labute approximate surface area is 169 Å². The quantitative estimate of drug-likeness (QED) is 0.736. The van der Waals surface area contributed by atoms with Gasteiger partial charge in [-0.3, -0.25) is 0 Å². The van der Waals surface area contributed by atoms with Gasteiger partial charge in [-0.15, -0.1) is 0 Å². The molecule has 0 saturated carbocycles. The molecule has 144 valence electrons. The van der Waals surface area contributed by atoms with Gasteiger partial charge in [0.2, 0.25) is 0 Å². The minimum absolute atomic E-state index is 0.846. The van der Waals surface area contributed by atoms with Crippen molar-refractivity contribution in [1.29, 1.82) is 0 Å². The summed E-state index contributed by atoms with van der Waals surface area (Å²) in [5, 5.41) is 0. The predicted octanol–water partition coefficient (Wildman–Crippen LogP) is 2.02. The van der Waals surface area contributed by atoms with E-state index < -0.39 is 0 Å². The second kappa shape index (κ2) is 7.98. The van der Waals surface area contributed by atoms with Crippen LogP contribution in [0.3, 0.4) is 0 Å². The summed E-state index contributed by atoms with van der Waals surface area (Å²) in [5.74, 6) is 3.98. The molecule has 2 aliphatic heterocycles. The van der Waals surface area contributed by atoms with E-state index >= 15 is 0 Å². The summed E-state index contributed by atoms with van der Waals surface area (Å²) in [5.41, 5.74) is 0. The third kappa shape index (κ3) is 4.32. The number of piperazine rings is 2. The summed E-state index contributed by atoms with van der Waals surface area (Å²) in [6.07, 6.45) is 1.86. The van der Waals surface area contributed by atoms with Gasteiger partial charge in [0, 0.05) is 69.1 Å². The summed E-state index contributed by atoms with van der Waals surface area (Å²) < 4.78 is 1.01. The van der Waals surface area contributed by atoms with Gasteiger partial charge < -0.3 is 19.6 Å². The lowest BCUT2D eigenvalue weighted by atomic mass is 10.3. The zero-order valence-corrected chi connectivity index (χ0v) is 17.6. The molecule has 0 bridgehead atoms. The molecule has 2 aromatic rings. The second-order valence-corrected chi connectivity index (χ2v) is 8.15. The monoisotopic (exact) mass is 431 g/mol. The van der Waals surface area contributed by atoms with Crippen LogP contribution < -0.4 is 14.7 Å². The number of halogens is 1. The lowest BCUT2D eigenvalue weighted by Crippen LogP contribution is -2.47. The third-order valence-corrected chi connectivity index (χ3v) is 5.75. The molecule has 27 heavy (non-hydrogen) atoms. The van der Waals surface area contributed by atoms with Crippen molar-refractivity contribution < 1.29 is 0 Å². The van der Waals surface area contributed by atoms with Crippen LogP contribution in [0.15, 0.2) is 28.9 Å². The summed E-state index contributed by atoms with van der Waals surface area (Å²) >= 11 is 3.45. The highest BCUT2D eigenvalue weighted by Crippen LogP contribution is 2.23. The Bertz CT molecular complexity index is 766. The molecule has 0 N–H and O–H groups in total. The van der Waals surface area contributed by atoms with Crippen LogP contribution >= 0.6 is 15.9 Å². The maximum atomic E-state index is 4.71. The average Bonchev–Trinajstić information content (AvgIpc) is 2.69. The average molecular weight is 432 g/mol. The first-order valence-electron chi connectivity index (χ1n) is 9.49. The lowest BCUT2D eigenvalue weighted by Gasteiger charge is -2.37. The molecule has 2 saturated heterocycles. The van der Waals surface area contributed by atoms with Crippen molar-refractivity contribution in [2.45, 2.75) is 6.92 Å². The van der Waals surface area contributed by atoms with E-state index in [0.29, 0.717) is 0 Å². The fourth-order valence-electron chi connectivity index (χ4n) is 3.62. The van der Waals surface area contributed by atoms with Gasteiger partial charge in [0.25, 0.3) is 0 Å². The number of aromatic nitrogens is 3. The molecule has 4 rings (SSSR count). The van der Waals surface area contributed by atoms with Gasteiger partial charge in [-0.05, 0) is 42.0 Å². The van der Waals surface area contributed by atoms with Gasteiger partial charge in [-0.1, -0.05) is 0 Å². The minimum atomic E-state index is 0.846. The highest BCUT2D eigenvalue weighted by atomic mass is 79.9. The Morgan fingerprint density at radius 3 is 1.81 bits per heavy atom. The maximum Gasteiger partial charge on any atom is 0.134 e. The van der Waals surface area contributed by atoms with Crippen LogP contribution in [0.5, 0.6) is 0 Å². The van der Waals surface area contributed by atoms with Crippen molar-refractivity contribution >= 4 is 33.4 Å². The number of nitrogens with zero attached hydrogens (tertiary/aromatic N) is 7. The molecular formula is C19H26BrN7. The number of anilines is 3. The van der Waals surface area contributed by atoms with Crippen molar-refractivity contribution in [1.82, 2.24) is 19.9 Å². The SMILES string of the molecule is Cc1nc(N2CCN(C)CC2)cc(N2CCN(c3ccc(Br)cn3)CC2)n1. The fourth-order valence-corrected chi connectivity index (χ4v) is 3.85. The van der Waals surface area contributed by atoms with E-state index in [2.05, 4.69) is 59.7 Å².